The maximum absolute atomic E-state index is 11.6. The third kappa shape index (κ3) is 6.01. The number of amides is 1. The highest BCUT2D eigenvalue weighted by Gasteiger charge is 2.23. The Morgan fingerprint density at radius 2 is 2.08 bits per heavy atom. The number of nitrogens with zero attached hydrogens (tertiary/aromatic N) is 2. The van der Waals surface area contributed by atoms with Crippen LogP contribution in [0.3, 0.4) is 0 Å². The minimum Gasteiger partial charge on any atom is -0.357 e. The highest BCUT2D eigenvalue weighted by atomic mass is 79.9. The molecule has 2 rings (SSSR count). The molecule has 0 spiro atoms. The van der Waals surface area contributed by atoms with Gasteiger partial charge in [-0.25, -0.2) is 0 Å². The van der Waals surface area contributed by atoms with E-state index in [2.05, 4.69) is 65.5 Å². The van der Waals surface area contributed by atoms with E-state index in [1.807, 2.05) is 11.0 Å². The van der Waals surface area contributed by atoms with E-state index in [1.54, 1.807) is 0 Å². The van der Waals surface area contributed by atoms with E-state index in [0.29, 0.717) is 18.9 Å². The van der Waals surface area contributed by atoms with Gasteiger partial charge in [-0.2, -0.15) is 0 Å². The van der Waals surface area contributed by atoms with Crippen LogP contribution in [0.15, 0.2) is 33.7 Å². The first kappa shape index (κ1) is 20.7. The average Bonchev–Trinajstić information content (AvgIpc) is 3.01. The van der Waals surface area contributed by atoms with E-state index < -0.39 is 0 Å². The molecule has 1 heterocycles. The zero-order valence-electron chi connectivity index (χ0n) is 16.1. The van der Waals surface area contributed by atoms with Crippen molar-refractivity contribution < 1.29 is 4.79 Å². The van der Waals surface area contributed by atoms with Crippen LogP contribution >= 0.6 is 15.9 Å². The quantitative estimate of drug-likeness (QED) is 0.383. The summed E-state index contributed by atoms with van der Waals surface area (Å²) in [6, 6.07) is 8.31. The molecule has 5 nitrogen and oxygen atoms in total. The Morgan fingerprint density at radius 3 is 2.73 bits per heavy atom. The fourth-order valence-electron chi connectivity index (χ4n) is 3.13. The van der Waals surface area contributed by atoms with Gasteiger partial charge in [0.15, 0.2) is 5.96 Å². The number of halogens is 1. The molecule has 0 unspecified atom stereocenters. The largest absolute Gasteiger partial charge is 0.357 e. The van der Waals surface area contributed by atoms with Crippen LogP contribution in [0.5, 0.6) is 0 Å². The van der Waals surface area contributed by atoms with Gasteiger partial charge in [-0.1, -0.05) is 48.0 Å². The van der Waals surface area contributed by atoms with Gasteiger partial charge < -0.3 is 15.5 Å². The summed E-state index contributed by atoms with van der Waals surface area (Å²) < 4.78 is 1.12. The molecule has 0 bridgehead atoms. The molecule has 1 aliphatic rings. The lowest BCUT2D eigenvalue weighted by Crippen LogP contribution is -2.40. The van der Waals surface area contributed by atoms with Crippen molar-refractivity contribution in [1.29, 1.82) is 0 Å². The molecule has 0 radical (unpaired) electrons. The number of aliphatic imine (C=N–C) groups is 1. The van der Waals surface area contributed by atoms with Crippen molar-refractivity contribution in [2.45, 2.75) is 45.4 Å². The molecule has 1 amide bonds. The molecule has 26 heavy (non-hydrogen) atoms. The van der Waals surface area contributed by atoms with Crippen LogP contribution in [0.2, 0.25) is 0 Å². The molecule has 1 fully saturated rings. The van der Waals surface area contributed by atoms with Crippen LogP contribution in [-0.4, -0.2) is 49.5 Å². The highest BCUT2D eigenvalue weighted by Crippen LogP contribution is 2.30. The van der Waals surface area contributed by atoms with Gasteiger partial charge in [0.05, 0.1) is 6.54 Å². The molecule has 0 aliphatic carbocycles. The van der Waals surface area contributed by atoms with Crippen molar-refractivity contribution in [1.82, 2.24) is 15.5 Å². The minimum atomic E-state index is -0.0651. The number of hydrogen-bond donors (Lipinski definition) is 2. The van der Waals surface area contributed by atoms with Gasteiger partial charge >= 0.3 is 0 Å². The summed E-state index contributed by atoms with van der Waals surface area (Å²) in [4.78, 5) is 18.4. The third-order valence-electron chi connectivity index (χ3n) is 4.65. The van der Waals surface area contributed by atoms with Gasteiger partial charge in [0.2, 0.25) is 5.91 Å². The maximum Gasteiger partial charge on any atom is 0.222 e. The Labute approximate surface area is 165 Å². The summed E-state index contributed by atoms with van der Waals surface area (Å²) in [5.41, 5.74) is 1.19. The Kier molecular flexibility index (Phi) is 7.94. The first-order valence-electron chi connectivity index (χ1n) is 9.49. The lowest BCUT2D eigenvalue weighted by Gasteiger charge is -2.25. The number of nitrogens with one attached hydrogen (secondary N) is 2. The predicted molar refractivity (Wildman–Crippen MR) is 112 cm³/mol. The number of likely N-dealkylation sites (tertiary alicyclic amines) is 1. The Morgan fingerprint density at radius 1 is 1.31 bits per heavy atom. The summed E-state index contributed by atoms with van der Waals surface area (Å²) in [7, 11) is 0. The van der Waals surface area contributed by atoms with E-state index >= 15 is 0 Å². The van der Waals surface area contributed by atoms with Crippen molar-refractivity contribution in [3.05, 3.63) is 34.3 Å². The topological polar surface area (TPSA) is 56.7 Å². The first-order chi connectivity index (χ1) is 12.4. The maximum atomic E-state index is 11.6. The summed E-state index contributed by atoms with van der Waals surface area (Å²) >= 11 is 3.65. The van der Waals surface area contributed by atoms with Gasteiger partial charge in [0, 0.05) is 42.5 Å². The number of benzene rings is 1. The molecule has 0 atom stereocenters. The van der Waals surface area contributed by atoms with Crippen molar-refractivity contribution in [2.24, 2.45) is 4.99 Å². The van der Waals surface area contributed by atoms with Crippen molar-refractivity contribution in [3.8, 4) is 0 Å². The van der Waals surface area contributed by atoms with Gasteiger partial charge in [0.25, 0.3) is 0 Å². The van der Waals surface area contributed by atoms with Gasteiger partial charge in [-0.3, -0.25) is 9.79 Å². The zero-order valence-corrected chi connectivity index (χ0v) is 17.7. The molecule has 144 valence electrons. The highest BCUT2D eigenvalue weighted by molar-refractivity contribution is 9.10. The molecule has 1 aromatic carbocycles. The fourth-order valence-corrected chi connectivity index (χ4v) is 3.95. The first-order valence-corrected chi connectivity index (χ1v) is 10.3. The number of carbonyl (C=O) groups excluding carboxylic acids is 1. The van der Waals surface area contributed by atoms with Gasteiger partial charge in [-0.15, -0.1) is 0 Å². The molecule has 2 N–H and O–H groups in total. The third-order valence-corrected chi connectivity index (χ3v) is 5.34. The molecule has 1 aromatic rings. The Balaban J connectivity index is 1.87. The molecule has 1 aliphatic heterocycles. The number of hydrogen-bond acceptors (Lipinski definition) is 2. The van der Waals surface area contributed by atoms with E-state index in [0.717, 1.165) is 49.5 Å². The second kappa shape index (κ2) is 9.95. The second-order valence-corrected chi connectivity index (χ2v) is 8.18. The number of rotatable bonds is 8. The molecule has 0 saturated carbocycles. The molecule has 1 saturated heterocycles. The minimum absolute atomic E-state index is 0.0651. The van der Waals surface area contributed by atoms with Gasteiger partial charge in [0.1, 0.15) is 0 Å². The zero-order chi connectivity index (χ0) is 19.0. The summed E-state index contributed by atoms with van der Waals surface area (Å²) in [6.45, 7) is 10.5. The lowest BCUT2D eigenvalue weighted by atomic mass is 9.85. The fraction of sp³-hybridized carbons (Fsp3) is 0.600. The van der Waals surface area contributed by atoms with Crippen LogP contribution in [0, 0.1) is 0 Å². The Hall–Kier alpha value is -1.56. The van der Waals surface area contributed by atoms with Gasteiger partial charge in [-0.05, 0) is 31.4 Å². The predicted octanol–water partition coefficient (Wildman–Crippen LogP) is 3.29. The summed E-state index contributed by atoms with van der Waals surface area (Å²) in [6.07, 6.45) is 2.64. The normalized spacial score (nSPS) is 15.5. The van der Waals surface area contributed by atoms with Crippen molar-refractivity contribution >= 4 is 27.8 Å². The second-order valence-electron chi connectivity index (χ2n) is 7.32. The monoisotopic (exact) mass is 422 g/mol. The number of guanidine groups is 1. The summed E-state index contributed by atoms with van der Waals surface area (Å²) in [5, 5.41) is 6.69. The van der Waals surface area contributed by atoms with Crippen molar-refractivity contribution in [3.63, 3.8) is 0 Å². The van der Waals surface area contributed by atoms with E-state index in [1.165, 1.54) is 5.56 Å². The van der Waals surface area contributed by atoms with Crippen LogP contribution in [0.1, 0.15) is 45.6 Å². The molecular weight excluding hydrogens is 392 g/mol. The Bertz CT molecular complexity index is 630. The SMILES string of the molecule is CCNC(=NCC(C)(C)c1ccccc1Br)NCCCN1CCCC1=O. The van der Waals surface area contributed by atoms with E-state index in [-0.39, 0.29) is 5.41 Å². The number of carbonyl (C=O) groups is 1. The summed E-state index contributed by atoms with van der Waals surface area (Å²) in [5.74, 6) is 1.13. The molecule has 0 aromatic heterocycles. The standard InChI is InChI=1S/C20H31BrN4O/c1-4-22-19(23-12-8-14-25-13-7-11-18(25)26)24-15-20(2,3)16-9-5-6-10-17(16)21/h5-6,9-10H,4,7-8,11-15H2,1-3H3,(H2,22,23,24). The van der Waals surface area contributed by atoms with Crippen molar-refractivity contribution in [2.75, 3.05) is 32.7 Å². The smallest absolute Gasteiger partial charge is 0.222 e. The van der Waals surface area contributed by atoms with Crippen LogP contribution in [0.25, 0.3) is 0 Å². The van der Waals surface area contributed by atoms with E-state index in [4.69, 9.17) is 4.99 Å². The molecular formula is C20H31BrN4O. The average molecular weight is 423 g/mol. The van der Waals surface area contributed by atoms with Crippen LogP contribution < -0.4 is 10.6 Å². The molecule has 6 heteroatoms. The van der Waals surface area contributed by atoms with Crippen LogP contribution in [-0.2, 0) is 10.2 Å². The van der Waals surface area contributed by atoms with E-state index in [9.17, 15) is 4.79 Å². The van der Waals surface area contributed by atoms with Crippen LogP contribution in [0.4, 0.5) is 0 Å². The lowest BCUT2D eigenvalue weighted by molar-refractivity contribution is -0.127.